The first kappa shape index (κ1) is 13.7. The zero-order valence-corrected chi connectivity index (χ0v) is 11.4. The number of nitrogen functional groups attached to an aromatic ring is 1. The number of carbonyl (C=O) groups excluding carboxylic acids is 2. The summed E-state index contributed by atoms with van der Waals surface area (Å²) in [4.78, 5) is 26.9. The van der Waals surface area contributed by atoms with E-state index in [-0.39, 0.29) is 6.54 Å². The van der Waals surface area contributed by atoms with Crippen LogP contribution in [0, 0.1) is 0 Å². The van der Waals surface area contributed by atoms with E-state index in [1.54, 1.807) is 4.90 Å². The third-order valence-corrected chi connectivity index (χ3v) is 3.62. The van der Waals surface area contributed by atoms with Crippen molar-refractivity contribution in [1.82, 2.24) is 19.4 Å². The number of anilines is 1. The smallest absolute Gasteiger partial charge is 0.312 e. The molecule has 1 aromatic rings. The van der Waals surface area contributed by atoms with Gasteiger partial charge in [-0.15, -0.1) is 5.10 Å². The van der Waals surface area contributed by atoms with Crippen LogP contribution in [0.1, 0.15) is 19.0 Å². The maximum atomic E-state index is 12.0. The van der Waals surface area contributed by atoms with Crippen LogP contribution >= 0.6 is 11.5 Å². The van der Waals surface area contributed by atoms with Gasteiger partial charge in [0.25, 0.3) is 0 Å². The van der Waals surface area contributed by atoms with Crippen molar-refractivity contribution in [2.45, 2.75) is 19.9 Å². The number of rotatable bonds is 5. The van der Waals surface area contributed by atoms with E-state index in [4.69, 9.17) is 5.84 Å². The molecule has 3 N–H and O–H groups in total. The number of piperazine rings is 1. The van der Waals surface area contributed by atoms with Crippen LogP contribution in [0.2, 0.25) is 0 Å². The molecule has 0 spiro atoms. The summed E-state index contributed by atoms with van der Waals surface area (Å²) in [5.74, 6) is 4.39. The van der Waals surface area contributed by atoms with Gasteiger partial charge in [0.1, 0.15) is 10.7 Å². The minimum Gasteiger partial charge on any atom is -0.333 e. The molecule has 0 saturated carbocycles. The zero-order chi connectivity index (χ0) is 13.8. The average Bonchev–Trinajstić information content (AvgIpc) is 2.86. The molecule has 9 heteroatoms. The van der Waals surface area contributed by atoms with Crippen molar-refractivity contribution in [3.05, 3.63) is 5.69 Å². The molecule has 2 heterocycles. The zero-order valence-electron chi connectivity index (χ0n) is 10.6. The minimum atomic E-state index is -0.490. The van der Waals surface area contributed by atoms with Gasteiger partial charge in [0.15, 0.2) is 0 Å². The van der Waals surface area contributed by atoms with Crippen molar-refractivity contribution in [1.29, 1.82) is 0 Å². The molecule has 1 aliphatic heterocycles. The molecule has 0 unspecified atom stereocenters. The summed E-state index contributed by atoms with van der Waals surface area (Å²) in [7, 11) is 0. The number of hydrazine groups is 1. The minimum absolute atomic E-state index is 0.251. The molecule has 19 heavy (non-hydrogen) atoms. The van der Waals surface area contributed by atoms with Gasteiger partial charge in [0, 0.05) is 31.2 Å². The molecular weight excluding hydrogens is 268 g/mol. The van der Waals surface area contributed by atoms with E-state index >= 15 is 0 Å². The van der Waals surface area contributed by atoms with E-state index in [1.807, 2.05) is 6.92 Å². The van der Waals surface area contributed by atoms with Gasteiger partial charge >= 0.3 is 11.8 Å². The summed E-state index contributed by atoms with van der Waals surface area (Å²) in [6.45, 7) is 3.91. The van der Waals surface area contributed by atoms with Crippen LogP contribution in [0.15, 0.2) is 0 Å². The first-order valence-electron chi connectivity index (χ1n) is 6.03. The lowest BCUT2D eigenvalue weighted by atomic mass is 10.2. The van der Waals surface area contributed by atoms with Crippen LogP contribution in [0.25, 0.3) is 0 Å². The van der Waals surface area contributed by atoms with Gasteiger partial charge < -0.3 is 15.2 Å². The van der Waals surface area contributed by atoms with E-state index in [0.717, 1.165) is 18.0 Å². The van der Waals surface area contributed by atoms with E-state index in [9.17, 15) is 9.59 Å². The van der Waals surface area contributed by atoms with Gasteiger partial charge in [-0.25, -0.2) is 5.84 Å². The van der Waals surface area contributed by atoms with Gasteiger partial charge in [-0.2, -0.15) is 0 Å². The molecule has 1 aliphatic rings. The van der Waals surface area contributed by atoms with Gasteiger partial charge in [0.2, 0.25) is 0 Å². The van der Waals surface area contributed by atoms with Gasteiger partial charge in [-0.3, -0.25) is 9.59 Å². The summed E-state index contributed by atoms with van der Waals surface area (Å²) in [5, 5.41) is 4.51. The number of carbonyl (C=O) groups is 2. The van der Waals surface area contributed by atoms with Crippen LogP contribution in [0.4, 0.5) is 5.00 Å². The third-order valence-electron chi connectivity index (χ3n) is 2.92. The molecule has 2 amide bonds. The summed E-state index contributed by atoms with van der Waals surface area (Å²) in [6, 6.07) is 0. The van der Waals surface area contributed by atoms with Crippen LogP contribution in [0.5, 0.6) is 0 Å². The monoisotopic (exact) mass is 284 g/mol. The number of hydrogen-bond acceptors (Lipinski definition) is 7. The topological polar surface area (TPSA) is 104 Å². The fourth-order valence-corrected chi connectivity index (χ4v) is 2.44. The van der Waals surface area contributed by atoms with E-state index in [0.29, 0.717) is 30.3 Å². The third kappa shape index (κ3) is 2.82. The molecule has 0 bridgehead atoms. The summed E-state index contributed by atoms with van der Waals surface area (Å²) in [5.41, 5.74) is 3.06. The molecule has 0 radical (unpaired) electrons. The number of amides is 2. The lowest BCUT2D eigenvalue weighted by Gasteiger charge is -2.33. The molecule has 0 aliphatic carbocycles. The highest BCUT2D eigenvalue weighted by Gasteiger charge is 2.32. The number of hydrogen-bond donors (Lipinski definition) is 2. The Morgan fingerprint density at radius 2 is 2.00 bits per heavy atom. The van der Waals surface area contributed by atoms with Crippen LogP contribution in [-0.4, -0.2) is 50.8 Å². The SMILES string of the molecule is CCCN1CCN(Cc2nnsc2NN)C(=O)C1=O. The van der Waals surface area contributed by atoms with E-state index in [1.165, 1.54) is 4.90 Å². The van der Waals surface area contributed by atoms with Crippen LogP contribution < -0.4 is 11.3 Å². The number of aromatic nitrogens is 2. The van der Waals surface area contributed by atoms with Crippen molar-refractivity contribution in [3.8, 4) is 0 Å². The standard InChI is InChI=1S/C10H16N6O2S/c1-2-3-15-4-5-16(10(18)9(15)17)6-7-8(12-11)19-14-13-7/h12H,2-6,11H2,1H3. The predicted molar refractivity (Wildman–Crippen MR) is 70.0 cm³/mol. The van der Waals surface area contributed by atoms with Crippen molar-refractivity contribution in [2.24, 2.45) is 5.84 Å². The van der Waals surface area contributed by atoms with Crippen molar-refractivity contribution in [3.63, 3.8) is 0 Å². The first-order chi connectivity index (χ1) is 9.17. The Kier molecular flexibility index (Phi) is 4.27. The number of nitrogens with zero attached hydrogens (tertiary/aromatic N) is 4. The normalized spacial score (nSPS) is 16.1. The maximum absolute atomic E-state index is 12.0. The first-order valence-corrected chi connectivity index (χ1v) is 6.80. The molecule has 0 aromatic carbocycles. The second-order valence-electron chi connectivity index (χ2n) is 4.21. The molecule has 2 rings (SSSR count). The molecule has 104 valence electrons. The molecule has 0 atom stereocenters. The fourth-order valence-electron chi connectivity index (χ4n) is 1.95. The van der Waals surface area contributed by atoms with Crippen molar-refractivity contribution < 1.29 is 9.59 Å². The fraction of sp³-hybridized carbons (Fsp3) is 0.600. The molecular formula is C10H16N6O2S. The van der Waals surface area contributed by atoms with E-state index < -0.39 is 11.8 Å². The molecule has 1 aromatic heterocycles. The maximum Gasteiger partial charge on any atom is 0.312 e. The molecule has 1 fully saturated rings. The second kappa shape index (κ2) is 5.93. The average molecular weight is 284 g/mol. The van der Waals surface area contributed by atoms with E-state index in [2.05, 4.69) is 15.0 Å². The lowest BCUT2D eigenvalue weighted by Crippen LogP contribution is -2.54. The Labute approximate surface area is 114 Å². The number of nitrogens with two attached hydrogens (primary N) is 1. The summed E-state index contributed by atoms with van der Waals surface area (Å²) in [6.07, 6.45) is 0.844. The van der Waals surface area contributed by atoms with Crippen LogP contribution in [0.3, 0.4) is 0 Å². The quantitative estimate of drug-likeness (QED) is 0.425. The predicted octanol–water partition coefficient (Wildman–Crippen LogP) is -0.595. The lowest BCUT2D eigenvalue weighted by molar-refractivity contribution is -0.156. The Morgan fingerprint density at radius 1 is 1.32 bits per heavy atom. The molecule has 1 saturated heterocycles. The van der Waals surface area contributed by atoms with Gasteiger partial charge in [0.05, 0.1) is 6.54 Å². The summed E-state index contributed by atoms with van der Waals surface area (Å²) >= 11 is 1.12. The largest absolute Gasteiger partial charge is 0.333 e. The van der Waals surface area contributed by atoms with Crippen molar-refractivity contribution >= 4 is 28.3 Å². The summed E-state index contributed by atoms with van der Waals surface area (Å²) < 4.78 is 3.76. The Bertz CT molecular complexity index is 476. The van der Waals surface area contributed by atoms with Crippen LogP contribution in [-0.2, 0) is 16.1 Å². The highest BCUT2D eigenvalue weighted by molar-refractivity contribution is 7.10. The Morgan fingerprint density at radius 3 is 2.68 bits per heavy atom. The highest BCUT2D eigenvalue weighted by Crippen LogP contribution is 2.19. The van der Waals surface area contributed by atoms with Crippen molar-refractivity contribution in [2.75, 3.05) is 25.1 Å². The second-order valence-corrected chi connectivity index (χ2v) is 4.97. The van der Waals surface area contributed by atoms with Gasteiger partial charge in [-0.05, 0) is 6.42 Å². The molecule has 8 nitrogen and oxygen atoms in total. The van der Waals surface area contributed by atoms with Gasteiger partial charge in [-0.1, -0.05) is 11.4 Å². The Balaban J connectivity index is 2.03. The highest BCUT2D eigenvalue weighted by atomic mass is 32.1. The number of nitrogens with one attached hydrogen (secondary N) is 1. The Hall–Kier alpha value is -1.74.